The van der Waals surface area contributed by atoms with Gasteiger partial charge in [0.25, 0.3) is 0 Å². The number of aryl methyl sites for hydroxylation is 2. The molecular formula is C19H19ClN2O2. The molecule has 0 fully saturated rings. The van der Waals surface area contributed by atoms with E-state index in [-0.39, 0.29) is 5.75 Å². The van der Waals surface area contributed by atoms with E-state index >= 15 is 0 Å². The van der Waals surface area contributed by atoms with Crippen LogP contribution >= 0.6 is 11.6 Å². The molecule has 4 nitrogen and oxygen atoms in total. The number of benzene rings is 2. The van der Waals surface area contributed by atoms with Gasteiger partial charge in [0.2, 0.25) is 0 Å². The summed E-state index contributed by atoms with van der Waals surface area (Å²) < 4.78 is 5.49. The van der Waals surface area contributed by atoms with Crippen LogP contribution in [0.2, 0.25) is 0 Å². The zero-order valence-corrected chi connectivity index (χ0v) is 14.5. The third-order valence-corrected chi connectivity index (χ3v) is 3.40. The summed E-state index contributed by atoms with van der Waals surface area (Å²) >= 11 is 5.54. The molecule has 0 atom stereocenters. The molecule has 0 amide bonds. The molecule has 0 aliphatic carbocycles. The summed E-state index contributed by atoms with van der Waals surface area (Å²) in [4.78, 5) is 6.55. The van der Waals surface area contributed by atoms with E-state index in [0.717, 1.165) is 23.3 Å². The highest BCUT2D eigenvalue weighted by Gasteiger charge is 2.00. The SMILES string of the molecule is [C-]#[N+]c1ccc(O)c(C)c1.[C-]#[N+]c1ccc(OCCCCl)c(C)c1. The van der Waals surface area contributed by atoms with E-state index in [1.165, 1.54) is 6.07 Å². The standard InChI is InChI=1S/C11H12ClNO.C8H7NO/c1-9-8-10(13-2)4-5-11(9)14-7-3-6-12;1-6-5-7(9-2)3-4-8(6)10/h4-5,8H,3,6-7H2,1H3;3-5,10H,1H3. The van der Waals surface area contributed by atoms with Crippen molar-refractivity contribution in [2.45, 2.75) is 20.3 Å². The van der Waals surface area contributed by atoms with E-state index in [1.807, 2.05) is 19.1 Å². The maximum Gasteiger partial charge on any atom is 0.187 e. The second-order valence-corrected chi connectivity index (χ2v) is 5.41. The number of hydrogen-bond donors (Lipinski definition) is 1. The Labute approximate surface area is 147 Å². The highest BCUT2D eigenvalue weighted by atomic mass is 35.5. The van der Waals surface area contributed by atoms with Crippen molar-refractivity contribution in [1.29, 1.82) is 0 Å². The Morgan fingerprint density at radius 2 is 1.58 bits per heavy atom. The molecule has 2 aromatic rings. The Kier molecular flexibility index (Phi) is 8.19. The molecular weight excluding hydrogens is 324 g/mol. The largest absolute Gasteiger partial charge is 0.508 e. The minimum Gasteiger partial charge on any atom is -0.508 e. The van der Waals surface area contributed by atoms with Crippen LogP contribution < -0.4 is 4.74 Å². The summed E-state index contributed by atoms with van der Waals surface area (Å²) in [5.41, 5.74) is 2.95. The Morgan fingerprint density at radius 3 is 2.08 bits per heavy atom. The molecule has 1 N–H and O–H groups in total. The molecule has 2 aromatic carbocycles. The van der Waals surface area contributed by atoms with E-state index in [2.05, 4.69) is 9.69 Å². The van der Waals surface area contributed by atoms with Gasteiger partial charge in [-0.05, 0) is 55.7 Å². The molecule has 0 aliphatic heterocycles. The number of hydrogen-bond acceptors (Lipinski definition) is 2. The molecule has 0 aromatic heterocycles. The Balaban J connectivity index is 0.000000254. The van der Waals surface area contributed by atoms with Crippen LogP contribution in [0.1, 0.15) is 17.5 Å². The lowest BCUT2D eigenvalue weighted by molar-refractivity contribution is 0.316. The van der Waals surface area contributed by atoms with Crippen molar-refractivity contribution in [3.8, 4) is 11.5 Å². The minimum absolute atomic E-state index is 0.243. The van der Waals surface area contributed by atoms with Crippen LogP contribution in [0.4, 0.5) is 11.4 Å². The van der Waals surface area contributed by atoms with Gasteiger partial charge in [-0.3, -0.25) is 0 Å². The zero-order chi connectivity index (χ0) is 17.9. The van der Waals surface area contributed by atoms with Crippen LogP contribution in [0, 0.1) is 27.0 Å². The van der Waals surface area contributed by atoms with Crippen molar-refractivity contribution < 1.29 is 9.84 Å². The number of alkyl halides is 1. The van der Waals surface area contributed by atoms with Crippen LogP contribution in [0.15, 0.2) is 36.4 Å². The molecule has 2 rings (SSSR count). The van der Waals surface area contributed by atoms with Gasteiger partial charge < -0.3 is 9.84 Å². The average Bonchev–Trinajstić information content (AvgIpc) is 2.59. The number of ether oxygens (including phenoxy) is 1. The van der Waals surface area contributed by atoms with Crippen LogP contribution in [0.25, 0.3) is 9.69 Å². The Morgan fingerprint density at radius 1 is 1.00 bits per heavy atom. The molecule has 0 saturated heterocycles. The van der Waals surface area contributed by atoms with Crippen molar-refractivity contribution in [2.75, 3.05) is 12.5 Å². The molecule has 0 unspecified atom stereocenters. The lowest BCUT2D eigenvalue weighted by atomic mass is 10.2. The second kappa shape index (κ2) is 10.2. The highest BCUT2D eigenvalue weighted by Crippen LogP contribution is 2.23. The first-order valence-electron chi connectivity index (χ1n) is 7.35. The van der Waals surface area contributed by atoms with Crippen LogP contribution in [0.3, 0.4) is 0 Å². The highest BCUT2D eigenvalue weighted by molar-refractivity contribution is 6.17. The van der Waals surface area contributed by atoms with Crippen molar-refractivity contribution in [3.63, 3.8) is 0 Å². The summed E-state index contributed by atoms with van der Waals surface area (Å²) in [6, 6.07) is 10.2. The number of phenols is 1. The van der Waals surface area contributed by atoms with Gasteiger partial charge in [0.15, 0.2) is 11.4 Å². The molecule has 0 saturated carbocycles. The van der Waals surface area contributed by atoms with E-state index in [0.29, 0.717) is 23.9 Å². The summed E-state index contributed by atoms with van der Waals surface area (Å²) in [6.45, 7) is 17.8. The van der Waals surface area contributed by atoms with Gasteiger partial charge in [0, 0.05) is 5.88 Å². The lowest BCUT2D eigenvalue weighted by Gasteiger charge is -2.08. The number of rotatable bonds is 4. The predicted octanol–water partition coefficient (Wildman–Crippen LogP) is 5.80. The summed E-state index contributed by atoms with van der Waals surface area (Å²) in [6.07, 6.45) is 0.839. The Hall–Kier alpha value is -2.69. The van der Waals surface area contributed by atoms with E-state index in [4.69, 9.17) is 34.6 Å². The summed E-state index contributed by atoms with van der Waals surface area (Å²) in [5.74, 6) is 1.69. The minimum atomic E-state index is 0.243. The van der Waals surface area contributed by atoms with Gasteiger partial charge in [-0.2, -0.15) is 0 Å². The number of halogens is 1. The lowest BCUT2D eigenvalue weighted by Crippen LogP contribution is -1.98. The van der Waals surface area contributed by atoms with Gasteiger partial charge >= 0.3 is 0 Å². The van der Waals surface area contributed by atoms with Crippen LogP contribution in [-0.4, -0.2) is 17.6 Å². The summed E-state index contributed by atoms with van der Waals surface area (Å²) in [5, 5.41) is 9.04. The third-order valence-electron chi connectivity index (χ3n) is 3.13. The number of phenolic OH excluding ortho intramolecular Hbond substituents is 1. The zero-order valence-electron chi connectivity index (χ0n) is 13.7. The Bertz CT molecular complexity index is 761. The molecule has 0 spiro atoms. The van der Waals surface area contributed by atoms with E-state index in [9.17, 15) is 0 Å². The predicted molar refractivity (Wildman–Crippen MR) is 97.4 cm³/mol. The maximum atomic E-state index is 9.04. The first kappa shape index (κ1) is 19.4. The second-order valence-electron chi connectivity index (χ2n) is 5.04. The van der Waals surface area contributed by atoms with Gasteiger partial charge in [-0.1, -0.05) is 12.1 Å². The van der Waals surface area contributed by atoms with Crippen molar-refractivity contribution in [1.82, 2.24) is 0 Å². The fourth-order valence-electron chi connectivity index (χ4n) is 1.81. The smallest absolute Gasteiger partial charge is 0.187 e. The molecule has 24 heavy (non-hydrogen) atoms. The quantitative estimate of drug-likeness (QED) is 0.433. The van der Waals surface area contributed by atoms with Gasteiger partial charge in [-0.25, -0.2) is 9.69 Å². The maximum absolute atomic E-state index is 9.04. The van der Waals surface area contributed by atoms with Crippen LogP contribution in [0.5, 0.6) is 11.5 Å². The van der Waals surface area contributed by atoms with Gasteiger partial charge in [0.1, 0.15) is 11.5 Å². The molecule has 0 bridgehead atoms. The molecule has 0 heterocycles. The normalized spacial score (nSPS) is 9.21. The van der Waals surface area contributed by atoms with Gasteiger partial charge in [-0.15, -0.1) is 11.6 Å². The summed E-state index contributed by atoms with van der Waals surface area (Å²) in [7, 11) is 0. The fourth-order valence-corrected chi connectivity index (χ4v) is 1.92. The molecule has 0 radical (unpaired) electrons. The molecule has 124 valence electrons. The first-order chi connectivity index (χ1) is 11.5. The topological polar surface area (TPSA) is 38.2 Å². The number of aromatic hydroxyl groups is 1. The molecule has 5 heteroatoms. The van der Waals surface area contributed by atoms with Crippen LogP contribution in [-0.2, 0) is 0 Å². The molecule has 0 aliphatic rings. The average molecular weight is 343 g/mol. The van der Waals surface area contributed by atoms with Gasteiger partial charge in [0.05, 0.1) is 19.8 Å². The fraction of sp³-hybridized carbons (Fsp3) is 0.263. The van der Waals surface area contributed by atoms with Crippen molar-refractivity contribution >= 4 is 23.0 Å². The first-order valence-corrected chi connectivity index (χ1v) is 7.89. The van der Waals surface area contributed by atoms with E-state index in [1.54, 1.807) is 25.1 Å². The number of nitrogens with zero attached hydrogens (tertiary/aromatic N) is 2. The van der Waals surface area contributed by atoms with Crippen molar-refractivity contribution in [2.24, 2.45) is 0 Å². The monoisotopic (exact) mass is 342 g/mol. The third kappa shape index (κ3) is 6.20. The van der Waals surface area contributed by atoms with E-state index < -0.39 is 0 Å². The van der Waals surface area contributed by atoms with Crippen molar-refractivity contribution in [3.05, 3.63) is 70.4 Å².